The molecule has 2 rings (SSSR count). The molecule has 6 nitrogen and oxygen atoms in total. The van der Waals surface area contributed by atoms with Crippen LogP contribution in [0.2, 0.25) is 0 Å². The van der Waals surface area contributed by atoms with E-state index in [9.17, 15) is 8.78 Å². The third-order valence-electron chi connectivity index (χ3n) is 3.89. The normalized spacial score (nSPS) is 11.5. The number of ether oxygens (including phenoxy) is 1. The second kappa shape index (κ2) is 10.5. The van der Waals surface area contributed by atoms with Crippen LogP contribution in [-0.4, -0.2) is 30.8 Å². The van der Waals surface area contributed by atoms with Crippen LogP contribution in [0.3, 0.4) is 0 Å². The largest absolute Gasteiger partial charge is 0.489 e. The molecule has 1 aromatic heterocycles. The molecule has 8 heteroatoms. The lowest BCUT2D eigenvalue weighted by Crippen LogP contribution is -2.39. The van der Waals surface area contributed by atoms with Crippen LogP contribution in [0.1, 0.15) is 37.8 Å². The zero-order valence-electron chi connectivity index (χ0n) is 15.9. The predicted molar refractivity (Wildman–Crippen MR) is 99.9 cm³/mol. The number of aryl methyl sites for hydroxylation is 2. The van der Waals surface area contributed by atoms with Gasteiger partial charge in [-0.15, -0.1) is 0 Å². The van der Waals surface area contributed by atoms with Gasteiger partial charge in [0.05, 0.1) is 18.8 Å². The van der Waals surface area contributed by atoms with Gasteiger partial charge in [-0.05, 0) is 25.5 Å². The molecule has 27 heavy (non-hydrogen) atoms. The predicted octanol–water partition coefficient (Wildman–Crippen LogP) is 3.21. The summed E-state index contributed by atoms with van der Waals surface area (Å²) in [7, 11) is 0. The van der Waals surface area contributed by atoms with Gasteiger partial charge in [-0.3, -0.25) is 0 Å². The van der Waals surface area contributed by atoms with Crippen LogP contribution in [0.15, 0.2) is 27.7 Å². The lowest BCUT2D eigenvalue weighted by Gasteiger charge is -2.12. The molecule has 0 atom stereocenters. The Labute approximate surface area is 158 Å². The molecule has 148 valence electrons. The van der Waals surface area contributed by atoms with E-state index in [0.29, 0.717) is 25.6 Å². The highest BCUT2D eigenvalue weighted by molar-refractivity contribution is 5.79. The van der Waals surface area contributed by atoms with Gasteiger partial charge in [0.25, 0.3) is 0 Å². The molecule has 0 aliphatic rings. The van der Waals surface area contributed by atoms with Crippen LogP contribution >= 0.6 is 0 Å². The molecule has 1 heterocycles. The van der Waals surface area contributed by atoms with E-state index in [4.69, 9.17) is 9.26 Å². The smallest absolute Gasteiger partial charge is 0.191 e. The van der Waals surface area contributed by atoms with Gasteiger partial charge in [0.1, 0.15) is 18.2 Å². The highest BCUT2D eigenvalue weighted by Crippen LogP contribution is 2.18. The minimum absolute atomic E-state index is 0.0183. The van der Waals surface area contributed by atoms with Crippen molar-refractivity contribution in [1.82, 2.24) is 15.8 Å². The van der Waals surface area contributed by atoms with E-state index in [1.807, 2.05) is 20.8 Å². The molecular formula is C19H26F2N4O2. The van der Waals surface area contributed by atoms with Crippen molar-refractivity contribution in [3.8, 4) is 5.75 Å². The number of nitrogens with zero attached hydrogens (tertiary/aromatic N) is 2. The quantitative estimate of drug-likeness (QED) is 0.397. The first-order valence-corrected chi connectivity index (χ1v) is 9.15. The Bertz CT molecular complexity index is 741. The van der Waals surface area contributed by atoms with Crippen LogP contribution in [0.5, 0.6) is 5.75 Å². The maximum absolute atomic E-state index is 13.5. The summed E-state index contributed by atoms with van der Waals surface area (Å²) in [6.07, 6.45) is 1.55. The Morgan fingerprint density at radius 3 is 2.67 bits per heavy atom. The maximum atomic E-state index is 13.5. The van der Waals surface area contributed by atoms with Crippen molar-refractivity contribution in [3.05, 3.63) is 46.9 Å². The number of hydrogen-bond acceptors (Lipinski definition) is 4. The summed E-state index contributed by atoms with van der Waals surface area (Å²) in [6.45, 7) is 7.79. The Kier molecular flexibility index (Phi) is 8.03. The topological polar surface area (TPSA) is 71.7 Å². The lowest BCUT2D eigenvalue weighted by atomic mass is 10.1. The van der Waals surface area contributed by atoms with Gasteiger partial charge in [-0.1, -0.05) is 19.0 Å². The molecule has 0 spiro atoms. The highest BCUT2D eigenvalue weighted by Gasteiger charge is 2.13. The van der Waals surface area contributed by atoms with E-state index in [2.05, 4.69) is 20.8 Å². The molecule has 0 unspecified atom stereocenters. The van der Waals surface area contributed by atoms with Crippen molar-refractivity contribution in [3.63, 3.8) is 0 Å². The Balaban J connectivity index is 1.91. The van der Waals surface area contributed by atoms with E-state index >= 15 is 0 Å². The molecule has 0 aliphatic carbocycles. The first kappa shape index (κ1) is 20.7. The summed E-state index contributed by atoms with van der Waals surface area (Å²) in [5.74, 6) is 0.130. The van der Waals surface area contributed by atoms with Crippen LogP contribution in [0.25, 0.3) is 0 Å². The molecule has 0 radical (unpaired) electrons. The zero-order valence-corrected chi connectivity index (χ0v) is 15.9. The number of rotatable bonds is 9. The molecule has 0 aliphatic heterocycles. The molecule has 0 saturated heterocycles. The van der Waals surface area contributed by atoms with Crippen LogP contribution in [-0.2, 0) is 19.4 Å². The summed E-state index contributed by atoms with van der Waals surface area (Å²) in [4.78, 5) is 4.56. The van der Waals surface area contributed by atoms with Gasteiger partial charge in [0.15, 0.2) is 17.5 Å². The van der Waals surface area contributed by atoms with Gasteiger partial charge in [0, 0.05) is 24.6 Å². The average molecular weight is 380 g/mol. The van der Waals surface area contributed by atoms with E-state index < -0.39 is 11.6 Å². The number of guanidine groups is 1. The molecule has 0 bridgehead atoms. The number of benzene rings is 1. The van der Waals surface area contributed by atoms with Crippen molar-refractivity contribution in [2.75, 3.05) is 19.7 Å². The summed E-state index contributed by atoms with van der Waals surface area (Å²) < 4.78 is 37.1. The van der Waals surface area contributed by atoms with Crippen molar-refractivity contribution in [1.29, 1.82) is 0 Å². The van der Waals surface area contributed by atoms with Gasteiger partial charge in [0.2, 0.25) is 0 Å². The first-order valence-electron chi connectivity index (χ1n) is 9.15. The molecule has 0 amide bonds. The monoisotopic (exact) mass is 380 g/mol. The molecule has 1 aromatic carbocycles. The average Bonchev–Trinajstić information content (AvgIpc) is 3.06. The van der Waals surface area contributed by atoms with Crippen molar-refractivity contribution < 1.29 is 18.0 Å². The van der Waals surface area contributed by atoms with Crippen LogP contribution in [0, 0.1) is 11.6 Å². The minimum Gasteiger partial charge on any atom is -0.489 e. The maximum Gasteiger partial charge on any atom is 0.191 e. The van der Waals surface area contributed by atoms with Crippen LogP contribution in [0.4, 0.5) is 8.78 Å². The molecule has 2 aromatic rings. The SMILES string of the molecule is CCNC(=NCc1c(CC)noc1CC)NCCOc1ccc(F)cc1F. The Morgan fingerprint density at radius 2 is 2.00 bits per heavy atom. The van der Waals surface area contributed by atoms with Crippen molar-refractivity contribution in [2.45, 2.75) is 40.2 Å². The second-order valence-electron chi connectivity index (χ2n) is 5.78. The highest BCUT2D eigenvalue weighted by atomic mass is 19.1. The zero-order chi connectivity index (χ0) is 19.6. The minimum atomic E-state index is -0.720. The third-order valence-corrected chi connectivity index (χ3v) is 3.89. The van der Waals surface area contributed by atoms with Gasteiger partial charge in [-0.25, -0.2) is 13.8 Å². The summed E-state index contributed by atoms with van der Waals surface area (Å²) in [6, 6.07) is 3.23. The van der Waals surface area contributed by atoms with E-state index in [-0.39, 0.29) is 12.4 Å². The molecule has 0 fully saturated rings. The number of aromatic nitrogens is 1. The number of halogens is 2. The van der Waals surface area contributed by atoms with Gasteiger partial charge in [-0.2, -0.15) is 0 Å². The van der Waals surface area contributed by atoms with E-state index in [0.717, 1.165) is 42.0 Å². The molecule has 0 saturated carbocycles. The van der Waals surface area contributed by atoms with E-state index in [1.54, 1.807) is 0 Å². The van der Waals surface area contributed by atoms with Crippen LogP contribution < -0.4 is 15.4 Å². The molecule has 2 N–H and O–H groups in total. The molecular weight excluding hydrogens is 354 g/mol. The standard InChI is InChI=1S/C19H26F2N4O2/c1-4-16-14(17(5-2)27-25-16)12-24-19(22-6-3)23-9-10-26-18-8-7-13(20)11-15(18)21/h7-8,11H,4-6,9-10,12H2,1-3H3,(H2,22,23,24). The number of hydrogen-bond donors (Lipinski definition) is 2. The summed E-state index contributed by atoms with van der Waals surface area (Å²) in [5, 5.41) is 10.4. The van der Waals surface area contributed by atoms with Crippen molar-refractivity contribution in [2.24, 2.45) is 4.99 Å². The Morgan fingerprint density at radius 1 is 1.19 bits per heavy atom. The van der Waals surface area contributed by atoms with Gasteiger partial charge >= 0.3 is 0 Å². The number of aliphatic imine (C=N–C) groups is 1. The second-order valence-corrected chi connectivity index (χ2v) is 5.78. The van der Waals surface area contributed by atoms with Crippen molar-refractivity contribution >= 4 is 5.96 Å². The van der Waals surface area contributed by atoms with E-state index in [1.165, 1.54) is 6.07 Å². The lowest BCUT2D eigenvalue weighted by molar-refractivity contribution is 0.304. The summed E-state index contributed by atoms with van der Waals surface area (Å²) in [5.41, 5.74) is 1.93. The fourth-order valence-electron chi connectivity index (χ4n) is 2.54. The number of nitrogens with one attached hydrogen (secondary N) is 2. The fourth-order valence-corrected chi connectivity index (χ4v) is 2.54. The third kappa shape index (κ3) is 5.94. The van der Waals surface area contributed by atoms with Gasteiger partial charge < -0.3 is 19.9 Å². The summed E-state index contributed by atoms with van der Waals surface area (Å²) >= 11 is 0. The Hall–Kier alpha value is -2.64. The first-order chi connectivity index (χ1) is 13.1. The fraction of sp³-hybridized carbons (Fsp3) is 0.474.